The number of fused-ring (bicyclic) bond motifs is 1. The van der Waals surface area contributed by atoms with Gasteiger partial charge in [0.15, 0.2) is 0 Å². The van der Waals surface area contributed by atoms with Crippen LogP contribution in [0.25, 0.3) is 11.0 Å². The number of nitrogens with one attached hydrogen (secondary N) is 1. The first-order valence-electron chi connectivity index (χ1n) is 3.54. The van der Waals surface area contributed by atoms with Gasteiger partial charge >= 0.3 is 5.69 Å². The summed E-state index contributed by atoms with van der Waals surface area (Å²) in [5, 5.41) is 12.8. The molecule has 0 aliphatic heterocycles. The molecule has 2 rings (SSSR count). The summed E-state index contributed by atoms with van der Waals surface area (Å²) in [5.74, 6) is 0. The number of rotatable bonds is 1. The number of non-ortho nitro benzene ring substituents is 1. The Balaban J connectivity index is 2.95. The van der Waals surface area contributed by atoms with Gasteiger partial charge in [-0.3, -0.25) is 14.9 Å². The van der Waals surface area contributed by atoms with Crippen molar-refractivity contribution in [3.05, 3.63) is 37.1 Å². The smallest absolute Gasteiger partial charge is 0.316 e. The molecule has 0 saturated heterocycles. The van der Waals surface area contributed by atoms with Crippen molar-refractivity contribution in [1.82, 2.24) is 5.16 Å². The quantitative estimate of drug-likeness (QED) is 0.624. The number of hydrogen-bond acceptors (Lipinski definition) is 4. The van der Waals surface area contributed by atoms with E-state index in [2.05, 4.69) is 15.9 Å². The molecule has 1 N–H and O–H groups in total. The summed E-state index contributed by atoms with van der Waals surface area (Å²) in [5.41, 5.74) is -0.764. The highest BCUT2D eigenvalue weighted by Gasteiger charge is 2.18. The van der Waals surface area contributed by atoms with Gasteiger partial charge in [0.1, 0.15) is 0 Å². The summed E-state index contributed by atoms with van der Waals surface area (Å²) in [6, 6.07) is 2.74. The van der Waals surface area contributed by atoms with Gasteiger partial charge in [-0.05, 0) is 6.07 Å². The van der Waals surface area contributed by atoms with Gasteiger partial charge in [-0.15, -0.1) is 0 Å². The largest absolute Gasteiger partial charge is 0.371 e. The predicted molar refractivity (Wildman–Crippen MR) is 51.2 cm³/mol. The van der Waals surface area contributed by atoms with Crippen LogP contribution in [0.2, 0.25) is 0 Å². The van der Waals surface area contributed by atoms with Crippen molar-refractivity contribution >= 4 is 32.6 Å². The fourth-order valence-electron chi connectivity index (χ4n) is 1.14. The van der Waals surface area contributed by atoms with Crippen molar-refractivity contribution in [3.8, 4) is 0 Å². The highest BCUT2D eigenvalue weighted by Crippen LogP contribution is 2.27. The van der Waals surface area contributed by atoms with Crippen molar-refractivity contribution in [3.63, 3.8) is 0 Å². The van der Waals surface area contributed by atoms with E-state index >= 15 is 0 Å². The molecular weight excluding hydrogens is 256 g/mol. The summed E-state index contributed by atoms with van der Waals surface area (Å²) >= 11 is 3.07. The van der Waals surface area contributed by atoms with E-state index in [1.54, 1.807) is 0 Å². The van der Waals surface area contributed by atoms with Gasteiger partial charge in [0.05, 0.1) is 10.3 Å². The first kappa shape index (κ1) is 8.95. The summed E-state index contributed by atoms with van der Waals surface area (Å²) in [4.78, 5) is 21.1. The summed E-state index contributed by atoms with van der Waals surface area (Å²) in [6.45, 7) is 0. The van der Waals surface area contributed by atoms with E-state index in [1.165, 1.54) is 12.1 Å². The fourth-order valence-corrected chi connectivity index (χ4v) is 1.59. The van der Waals surface area contributed by atoms with E-state index < -0.39 is 10.5 Å². The Bertz CT molecular complexity index is 571. The van der Waals surface area contributed by atoms with Gasteiger partial charge in [0.25, 0.3) is 5.56 Å². The van der Waals surface area contributed by atoms with Crippen molar-refractivity contribution in [2.75, 3.05) is 0 Å². The number of nitro benzene ring substituents is 1. The van der Waals surface area contributed by atoms with Crippen LogP contribution in [-0.2, 0) is 0 Å². The van der Waals surface area contributed by atoms with Crippen LogP contribution >= 0.6 is 15.9 Å². The molecule has 0 bridgehead atoms. The average Bonchev–Trinajstić information content (AvgIpc) is 2.47. The van der Waals surface area contributed by atoms with E-state index in [1.807, 2.05) is 5.16 Å². The SMILES string of the molecule is O=c1[nH]oc2c([N+](=O)[O-])cc(Br)cc12. The third kappa shape index (κ3) is 1.22. The molecule has 0 fully saturated rings. The minimum atomic E-state index is -0.607. The Labute approximate surface area is 84.8 Å². The third-order valence-electron chi connectivity index (χ3n) is 1.72. The topological polar surface area (TPSA) is 89.1 Å². The molecule has 0 radical (unpaired) electrons. The number of aromatic amines is 1. The molecule has 0 atom stereocenters. The molecular formula is C7H3BrN2O4. The van der Waals surface area contributed by atoms with E-state index in [4.69, 9.17) is 4.52 Å². The van der Waals surface area contributed by atoms with Gasteiger partial charge in [-0.2, -0.15) is 5.16 Å². The monoisotopic (exact) mass is 258 g/mol. The minimum absolute atomic E-state index is 0.0387. The first-order valence-corrected chi connectivity index (χ1v) is 4.34. The molecule has 1 heterocycles. The average molecular weight is 259 g/mol. The van der Waals surface area contributed by atoms with Crippen LogP contribution in [0.4, 0.5) is 5.69 Å². The molecule has 0 saturated carbocycles. The molecule has 0 aliphatic carbocycles. The zero-order chi connectivity index (χ0) is 10.3. The number of hydrogen-bond donors (Lipinski definition) is 1. The van der Waals surface area contributed by atoms with Gasteiger partial charge < -0.3 is 4.52 Å². The second-order valence-electron chi connectivity index (χ2n) is 2.59. The van der Waals surface area contributed by atoms with Crippen molar-refractivity contribution in [1.29, 1.82) is 0 Å². The Hall–Kier alpha value is -1.63. The zero-order valence-corrected chi connectivity index (χ0v) is 8.20. The zero-order valence-electron chi connectivity index (χ0n) is 6.61. The Morgan fingerprint density at radius 3 is 2.86 bits per heavy atom. The van der Waals surface area contributed by atoms with Gasteiger partial charge in [0, 0.05) is 10.5 Å². The van der Waals surface area contributed by atoms with E-state index in [-0.39, 0.29) is 16.7 Å². The summed E-state index contributed by atoms with van der Waals surface area (Å²) in [6.07, 6.45) is 0. The predicted octanol–water partition coefficient (Wildman–Crippen LogP) is 1.79. The van der Waals surface area contributed by atoms with Crippen molar-refractivity contribution in [2.45, 2.75) is 0 Å². The molecule has 6 nitrogen and oxygen atoms in total. The van der Waals surface area contributed by atoms with Crippen LogP contribution in [0, 0.1) is 10.1 Å². The second kappa shape index (κ2) is 2.95. The molecule has 0 spiro atoms. The number of H-pyrrole nitrogens is 1. The van der Waals surface area contributed by atoms with Crippen molar-refractivity contribution in [2.24, 2.45) is 0 Å². The van der Waals surface area contributed by atoms with Crippen LogP contribution in [0.1, 0.15) is 0 Å². The molecule has 0 amide bonds. The van der Waals surface area contributed by atoms with Crippen molar-refractivity contribution < 1.29 is 9.45 Å². The molecule has 1 aromatic carbocycles. The normalized spacial score (nSPS) is 10.6. The Morgan fingerprint density at radius 2 is 2.21 bits per heavy atom. The third-order valence-corrected chi connectivity index (χ3v) is 2.18. The molecule has 14 heavy (non-hydrogen) atoms. The lowest BCUT2D eigenvalue weighted by molar-refractivity contribution is -0.383. The molecule has 7 heteroatoms. The number of halogens is 1. The first-order chi connectivity index (χ1) is 6.59. The lowest BCUT2D eigenvalue weighted by atomic mass is 10.2. The Morgan fingerprint density at radius 1 is 1.50 bits per heavy atom. The van der Waals surface area contributed by atoms with Crippen LogP contribution in [0.3, 0.4) is 0 Å². The second-order valence-corrected chi connectivity index (χ2v) is 3.51. The molecule has 2 aromatic rings. The molecule has 1 aromatic heterocycles. The lowest BCUT2D eigenvalue weighted by Gasteiger charge is -1.92. The van der Waals surface area contributed by atoms with Gasteiger partial charge in [-0.1, -0.05) is 15.9 Å². The number of aromatic nitrogens is 1. The number of nitrogens with zero attached hydrogens (tertiary/aromatic N) is 1. The Kier molecular flexibility index (Phi) is 1.88. The van der Waals surface area contributed by atoms with Gasteiger partial charge in [-0.25, -0.2) is 0 Å². The van der Waals surface area contributed by atoms with Crippen LogP contribution in [0.5, 0.6) is 0 Å². The minimum Gasteiger partial charge on any atom is -0.371 e. The van der Waals surface area contributed by atoms with Crippen LogP contribution in [0.15, 0.2) is 25.9 Å². The van der Waals surface area contributed by atoms with E-state index in [9.17, 15) is 14.9 Å². The van der Waals surface area contributed by atoms with Crippen LogP contribution < -0.4 is 5.56 Å². The maximum Gasteiger partial charge on any atom is 0.316 e. The standard InChI is InChI=1S/C7H3BrN2O4/c8-3-1-4-6(14-9-7(4)11)5(2-3)10(12)13/h1-2H,(H,9,11). The van der Waals surface area contributed by atoms with Crippen LogP contribution in [-0.4, -0.2) is 10.1 Å². The maximum absolute atomic E-state index is 11.1. The molecule has 72 valence electrons. The number of nitro groups is 1. The highest BCUT2D eigenvalue weighted by molar-refractivity contribution is 9.10. The lowest BCUT2D eigenvalue weighted by Crippen LogP contribution is -1.97. The van der Waals surface area contributed by atoms with E-state index in [0.29, 0.717) is 4.47 Å². The summed E-state index contributed by atoms with van der Waals surface area (Å²) in [7, 11) is 0. The summed E-state index contributed by atoms with van der Waals surface area (Å²) < 4.78 is 5.16. The fraction of sp³-hybridized carbons (Fsp3) is 0. The highest BCUT2D eigenvalue weighted by atomic mass is 79.9. The molecule has 0 aliphatic rings. The van der Waals surface area contributed by atoms with E-state index in [0.717, 1.165) is 0 Å². The van der Waals surface area contributed by atoms with Gasteiger partial charge in [0.2, 0.25) is 5.58 Å². The maximum atomic E-state index is 11.1. The molecule has 0 unspecified atom stereocenters. The number of benzene rings is 1.